The smallest absolute Gasteiger partial charge is 0.267 e. The molecule has 0 atom stereocenters. The van der Waals surface area contributed by atoms with Gasteiger partial charge in [-0.15, -0.1) is 0 Å². The van der Waals surface area contributed by atoms with Gasteiger partial charge in [0.2, 0.25) is 0 Å². The lowest BCUT2D eigenvalue weighted by molar-refractivity contribution is 0.0846. The molecule has 0 aliphatic heterocycles. The highest BCUT2D eigenvalue weighted by Gasteiger charge is 2.14. The summed E-state index contributed by atoms with van der Waals surface area (Å²) in [5.41, 5.74) is 7.96. The van der Waals surface area contributed by atoms with Crippen LogP contribution in [0.15, 0.2) is 42.5 Å². The van der Waals surface area contributed by atoms with Crippen LogP contribution in [0.2, 0.25) is 0 Å². The number of carbonyl (C=O) groups is 2. The topological polar surface area (TPSA) is 58.2 Å². The minimum Gasteiger partial charge on any atom is -0.267 e. The van der Waals surface area contributed by atoms with Crippen LogP contribution in [-0.2, 0) is 12.8 Å². The molecule has 2 amide bonds. The average molecular weight is 298 g/mol. The molecule has 0 bridgehead atoms. The van der Waals surface area contributed by atoms with Crippen LogP contribution in [0.3, 0.4) is 0 Å². The number of fused-ring (bicyclic) bond motifs is 1. The van der Waals surface area contributed by atoms with Gasteiger partial charge in [0.15, 0.2) is 0 Å². The molecule has 0 aromatic heterocycles. The summed E-state index contributed by atoms with van der Waals surface area (Å²) >= 11 is 0. The largest absolute Gasteiger partial charge is 0.269 e. The van der Waals surface area contributed by atoms with Crippen molar-refractivity contribution in [2.45, 2.75) is 19.3 Å². The zero-order chi connectivity index (χ0) is 15.5. The third kappa shape index (κ3) is 2.98. The lowest BCUT2D eigenvalue weighted by atomic mass is 10.1. The van der Waals surface area contributed by atoms with E-state index in [4.69, 9.17) is 0 Å². The molecule has 1 aliphatic carbocycles. The summed E-state index contributed by atoms with van der Waals surface area (Å²) in [5, 5.41) is 0. The molecule has 1 aliphatic rings. The molecule has 0 saturated carbocycles. The first kappa shape index (κ1) is 14.3. The summed E-state index contributed by atoms with van der Waals surface area (Å²) in [7, 11) is 0. The first-order valence-corrected chi connectivity index (χ1v) is 7.11. The van der Waals surface area contributed by atoms with E-state index in [0.717, 1.165) is 19.3 Å². The summed E-state index contributed by atoms with van der Waals surface area (Å²) in [4.78, 5) is 23.9. The summed E-state index contributed by atoms with van der Waals surface area (Å²) in [6.45, 7) is 0. The van der Waals surface area contributed by atoms with Crippen molar-refractivity contribution in [3.63, 3.8) is 0 Å². The molecule has 0 fully saturated rings. The van der Waals surface area contributed by atoms with Crippen molar-refractivity contribution in [2.75, 3.05) is 0 Å². The van der Waals surface area contributed by atoms with Crippen molar-refractivity contribution in [2.24, 2.45) is 0 Å². The molecular weight excluding hydrogens is 283 g/mol. The van der Waals surface area contributed by atoms with Gasteiger partial charge in [0.1, 0.15) is 5.82 Å². The monoisotopic (exact) mass is 298 g/mol. The molecule has 2 aromatic carbocycles. The zero-order valence-corrected chi connectivity index (χ0v) is 11.9. The Morgan fingerprint density at radius 1 is 0.818 bits per heavy atom. The number of halogens is 1. The van der Waals surface area contributed by atoms with Crippen molar-refractivity contribution in [1.29, 1.82) is 0 Å². The SMILES string of the molecule is O=C(NNC(=O)c1ccc2c(c1)CCC2)c1ccc(F)cc1. The van der Waals surface area contributed by atoms with Gasteiger partial charge in [-0.05, 0) is 66.8 Å². The Balaban J connectivity index is 1.62. The second-order valence-corrected chi connectivity index (χ2v) is 5.25. The summed E-state index contributed by atoms with van der Waals surface area (Å²) < 4.78 is 12.8. The van der Waals surface area contributed by atoms with Crippen LogP contribution in [0.4, 0.5) is 4.39 Å². The molecule has 2 aromatic rings. The van der Waals surface area contributed by atoms with Crippen LogP contribution in [0.1, 0.15) is 38.3 Å². The Bertz CT molecular complexity index is 726. The standard InChI is InChI=1S/C17H15FN2O2/c18-15-8-6-12(7-9-15)16(21)19-20-17(22)14-5-4-11-2-1-3-13(11)10-14/h4-10H,1-3H2,(H,19,21)(H,20,22). The summed E-state index contributed by atoms with van der Waals surface area (Å²) in [5.74, 6) is -1.28. The van der Waals surface area contributed by atoms with Crippen LogP contribution < -0.4 is 10.9 Å². The van der Waals surface area contributed by atoms with Gasteiger partial charge >= 0.3 is 0 Å². The van der Waals surface area contributed by atoms with Gasteiger partial charge in [0.25, 0.3) is 11.8 Å². The molecule has 5 heteroatoms. The second kappa shape index (κ2) is 5.97. The van der Waals surface area contributed by atoms with Crippen LogP contribution in [-0.4, -0.2) is 11.8 Å². The fourth-order valence-electron chi connectivity index (χ4n) is 2.57. The van der Waals surface area contributed by atoms with Gasteiger partial charge in [0.05, 0.1) is 0 Å². The molecule has 3 rings (SSSR count). The normalized spacial score (nSPS) is 12.6. The Hall–Kier alpha value is -2.69. The first-order chi connectivity index (χ1) is 10.6. The number of hydrazine groups is 1. The van der Waals surface area contributed by atoms with Crippen molar-refractivity contribution in [1.82, 2.24) is 10.9 Å². The molecule has 112 valence electrons. The molecule has 4 nitrogen and oxygen atoms in total. The molecule has 0 heterocycles. The maximum Gasteiger partial charge on any atom is 0.269 e. The molecule has 2 N–H and O–H groups in total. The van der Waals surface area contributed by atoms with Crippen molar-refractivity contribution >= 4 is 11.8 Å². The third-order valence-electron chi connectivity index (χ3n) is 3.76. The Morgan fingerprint density at radius 3 is 2.14 bits per heavy atom. The van der Waals surface area contributed by atoms with Gasteiger partial charge in [-0.3, -0.25) is 20.4 Å². The summed E-state index contributed by atoms with van der Waals surface area (Å²) in [6, 6.07) is 10.7. The predicted molar refractivity (Wildman–Crippen MR) is 79.8 cm³/mol. The van der Waals surface area contributed by atoms with Crippen LogP contribution in [0.25, 0.3) is 0 Å². The number of carbonyl (C=O) groups excluding carboxylic acids is 2. The number of amides is 2. The molecule has 0 radical (unpaired) electrons. The lowest BCUT2D eigenvalue weighted by Gasteiger charge is -2.08. The minimum absolute atomic E-state index is 0.274. The summed E-state index contributed by atoms with van der Waals surface area (Å²) in [6.07, 6.45) is 3.15. The number of benzene rings is 2. The highest BCUT2D eigenvalue weighted by Crippen LogP contribution is 2.22. The average Bonchev–Trinajstić information content (AvgIpc) is 3.00. The van der Waals surface area contributed by atoms with Crippen LogP contribution in [0, 0.1) is 5.82 Å². The van der Waals surface area contributed by atoms with Crippen LogP contribution >= 0.6 is 0 Å². The van der Waals surface area contributed by atoms with E-state index < -0.39 is 11.7 Å². The second-order valence-electron chi connectivity index (χ2n) is 5.25. The van der Waals surface area contributed by atoms with E-state index in [1.807, 2.05) is 12.1 Å². The Kier molecular flexibility index (Phi) is 3.87. The van der Waals surface area contributed by atoms with Crippen molar-refractivity contribution < 1.29 is 14.0 Å². The lowest BCUT2D eigenvalue weighted by Crippen LogP contribution is -2.41. The fraction of sp³-hybridized carbons (Fsp3) is 0.176. The van der Waals surface area contributed by atoms with E-state index in [1.54, 1.807) is 6.07 Å². The minimum atomic E-state index is -0.491. The molecule has 0 saturated heterocycles. The van der Waals surface area contributed by atoms with E-state index in [0.29, 0.717) is 5.56 Å². The highest BCUT2D eigenvalue weighted by atomic mass is 19.1. The van der Waals surface area contributed by atoms with Crippen LogP contribution in [0.5, 0.6) is 0 Å². The molecule has 0 unspecified atom stereocenters. The van der Waals surface area contributed by atoms with E-state index in [2.05, 4.69) is 10.9 Å². The number of hydrogen-bond donors (Lipinski definition) is 2. The van der Waals surface area contributed by atoms with E-state index in [-0.39, 0.29) is 11.5 Å². The Labute approximate surface area is 127 Å². The molecule has 0 spiro atoms. The highest BCUT2D eigenvalue weighted by molar-refractivity contribution is 5.99. The van der Waals surface area contributed by atoms with Crippen molar-refractivity contribution in [3.05, 3.63) is 70.5 Å². The van der Waals surface area contributed by atoms with Gasteiger partial charge in [-0.25, -0.2) is 4.39 Å². The third-order valence-corrected chi connectivity index (χ3v) is 3.76. The number of rotatable bonds is 2. The molecular formula is C17H15FN2O2. The quantitative estimate of drug-likeness (QED) is 0.836. The van der Waals surface area contributed by atoms with Gasteiger partial charge in [-0.1, -0.05) is 6.07 Å². The maximum atomic E-state index is 12.8. The predicted octanol–water partition coefficient (Wildman–Crippen LogP) is 2.39. The maximum absolute atomic E-state index is 12.8. The van der Waals surface area contributed by atoms with Crippen molar-refractivity contribution in [3.8, 4) is 0 Å². The van der Waals surface area contributed by atoms with E-state index in [1.165, 1.54) is 35.4 Å². The van der Waals surface area contributed by atoms with Gasteiger partial charge in [0, 0.05) is 11.1 Å². The number of nitrogens with one attached hydrogen (secondary N) is 2. The number of hydrogen-bond acceptors (Lipinski definition) is 2. The molecule has 22 heavy (non-hydrogen) atoms. The van der Waals surface area contributed by atoms with Gasteiger partial charge in [-0.2, -0.15) is 0 Å². The van der Waals surface area contributed by atoms with Gasteiger partial charge < -0.3 is 0 Å². The zero-order valence-electron chi connectivity index (χ0n) is 11.9. The fourth-order valence-corrected chi connectivity index (χ4v) is 2.57. The first-order valence-electron chi connectivity index (χ1n) is 7.11. The Morgan fingerprint density at radius 2 is 1.41 bits per heavy atom. The van der Waals surface area contributed by atoms with E-state index in [9.17, 15) is 14.0 Å². The van der Waals surface area contributed by atoms with E-state index >= 15 is 0 Å². The number of aryl methyl sites for hydroxylation is 2.